The predicted octanol–water partition coefficient (Wildman–Crippen LogP) is 4.58. The number of hydrazone groups is 1. The van der Waals surface area contributed by atoms with Crippen LogP contribution in [0.2, 0.25) is 5.02 Å². The number of amides is 2. The highest BCUT2D eigenvalue weighted by Gasteiger charge is 2.24. The molecular weight excluding hydrogens is 503 g/mol. The number of fused-ring (bicyclic) bond motifs is 1. The van der Waals surface area contributed by atoms with Crippen LogP contribution < -0.4 is 10.7 Å². The predicted molar refractivity (Wildman–Crippen MR) is 123 cm³/mol. The summed E-state index contributed by atoms with van der Waals surface area (Å²) in [6, 6.07) is 8.79. The largest absolute Gasteiger partial charge is 0.507 e. The van der Waals surface area contributed by atoms with Crippen LogP contribution in [0.1, 0.15) is 16.8 Å². The van der Waals surface area contributed by atoms with Gasteiger partial charge in [-0.3, -0.25) is 0 Å². The van der Waals surface area contributed by atoms with Gasteiger partial charge in [0.05, 0.1) is 27.9 Å². The molecule has 32 heavy (non-hydrogen) atoms. The first-order valence-corrected chi connectivity index (χ1v) is 10.7. The minimum absolute atomic E-state index is 0.00236. The number of carbonyl (C=O) groups is 1. The molecule has 2 heterocycles. The fourth-order valence-corrected chi connectivity index (χ4v) is 3.75. The van der Waals surface area contributed by atoms with E-state index in [9.17, 15) is 14.3 Å². The second-order valence-electron chi connectivity index (χ2n) is 6.96. The number of hydrogen-bond donors (Lipinski definition) is 3. The lowest BCUT2D eigenvalue weighted by Crippen LogP contribution is -2.41. The molecule has 4 rings (SSSR count). The number of hydrogen-bond acceptors (Lipinski definition) is 6. The van der Waals surface area contributed by atoms with Gasteiger partial charge in [0.1, 0.15) is 23.7 Å². The van der Waals surface area contributed by atoms with Gasteiger partial charge in [-0.2, -0.15) is 5.10 Å². The zero-order chi connectivity index (χ0) is 22.7. The molecule has 1 aliphatic rings. The van der Waals surface area contributed by atoms with E-state index in [-0.39, 0.29) is 23.3 Å². The first-order valence-electron chi connectivity index (χ1n) is 9.52. The second kappa shape index (κ2) is 9.49. The number of aromatic hydroxyl groups is 1. The standard InChI is InChI=1S/C21H17BrClFN6O2/c22-15-7-12(1-4-19(15)31)9-27-29-21(32)30-6-5-18-14(10-30)20(26-11-25-18)28-13-2-3-17(24)16(23)8-13/h1-4,7-9,11,31H,5-6,10H2,(H,29,32)(H,25,26,28)/b27-9+. The molecule has 164 valence electrons. The molecule has 0 spiro atoms. The van der Waals surface area contributed by atoms with Gasteiger partial charge >= 0.3 is 6.03 Å². The van der Waals surface area contributed by atoms with Crippen LogP contribution in [-0.2, 0) is 13.0 Å². The maximum Gasteiger partial charge on any atom is 0.338 e. The summed E-state index contributed by atoms with van der Waals surface area (Å²) in [5.41, 5.74) is 5.38. The number of phenols is 1. The van der Waals surface area contributed by atoms with E-state index in [4.69, 9.17) is 11.6 Å². The van der Waals surface area contributed by atoms with Crippen molar-refractivity contribution in [1.82, 2.24) is 20.3 Å². The Hall–Kier alpha value is -3.24. The lowest BCUT2D eigenvalue weighted by atomic mass is 10.1. The van der Waals surface area contributed by atoms with Crippen molar-refractivity contribution in [2.75, 3.05) is 11.9 Å². The number of urea groups is 1. The van der Waals surface area contributed by atoms with Gasteiger partial charge in [-0.1, -0.05) is 11.6 Å². The number of nitrogens with zero attached hydrogens (tertiary/aromatic N) is 4. The Bertz CT molecular complexity index is 1210. The number of aromatic nitrogens is 2. The third-order valence-electron chi connectivity index (χ3n) is 4.82. The van der Waals surface area contributed by atoms with Crippen molar-refractivity contribution >= 4 is 51.3 Å². The van der Waals surface area contributed by atoms with Gasteiger partial charge in [-0.25, -0.2) is 24.6 Å². The number of phenolic OH excluding ortho intramolecular Hbond substituents is 1. The van der Waals surface area contributed by atoms with Gasteiger partial charge in [0.25, 0.3) is 0 Å². The van der Waals surface area contributed by atoms with Crippen LogP contribution in [0.4, 0.5) is 20.7 Å². The molecule has 0 bridgehead atoms. The van der Waals surface area contributed by atoms with E-state index >= 15 is 0 Å². The number of anilines is 2. The maximum atomic E-state index is 13.4. The van der Waals surface area contributed by atoms with Gasteiger partial charge < -0.3 is 15.3 Å². The van der Waals surface area contributed by atoms with E-state index < -0.39 is 5.82 Å². The average Bonchev–Trinajstić information content (AvgIpc) is 2.78. The van der Waals surface area contributed by atoms with Crippen molar-refractivity contribution in [2.24, 2.45) is 5.10 Å². The molecule has 0 atom stereocenters. The number of carbonyl (C=O) groups excluding carboxylic acids is 1. The summed E-state index contributed by atoms with van der Waals surface area (Å²) < 4.78 is 14.0. The van der Waals surface area contributed by atoms with E-state index in [1.807, 2.05) is 0 Å². The second-order valence-corrected chi connectivity index (χ2v) is 8.22. The van der Waals surface area contributed by atoms with Crippen molar-refractivity contribution in [2.45, 2.75) is 13.0 Å². The first kappa shape index (κ1) is 22.0. The van der Waals surface area contributed by atoms with Crippen molar-refractivity contribution in [3.63, 3.8) is 0 Å². The molecule has 0 unspecified atom stereocenters. The highest BCUT2D eigenvalue weighted by Crippen LogP contribution is 2.27. The number of halogens is 3. The Morgan fingerprint density at radius 3 is 2.91 bits per heavy atom. The van der Waals surface area contributed by atoms with Crippen LogP contribution in [0.25, 0.3) is 0 Å². The van der Waals surface area contributed by atoms with E-state index in [0.717, 1.165) is 11.3 Å². The molecule has 2 amide bonds. The molecule has 3 aromatic rings. The summed E-state index contributed by atoms with van der Waals surface area (Å²) in [7, 11) is 0. The Morgan fingerprint density at radius 1 is 1.28 bits per heavy atom. The maximum absolute atomic E-state index is 13.4. The van der Waals surface area contributed by atoms with E-state index in [2.05, 4.69) is 41.7 Å². The highest BCUT2D eigenvalue weighted by molar-refractivity contribution is 9.10. The fourth-order valence-electron chi connectivity index (χ4n) is 3.17. The Balaban J connectivity index is 1.45. The molecular formula is C21H17BrClFN6O2. The molecule has 8 nitrogen and oxygen atoms in total. The van der Waals surface area contributed by atoms with Gasteiger partial charge in [-0.05, 0) is 57.9 Å². The van der Waals surface area contributed by atoms with Gasteiger partial charge in [0, 0.05) is 24.2 Å². The molecule has 0 fully saturated rings. The van der Waals surface area contributed by atoms with E-state index in [1.165, 1.54) is 30.7 Å². The third kappa shape index (κ3) is 4.97. The Morgan fingerprint density at radius 2 is 2.12 bits per heavy atom. The molecule has 0 aliphatic carbocycles. The summed E-state index contributed by atoms with van der Waals surface area (Å²) in [5.74, 6) is 0.130. The van der Waals surface area contributed by atoms with Crippen LogP contribution in [0.5, 0.6) is 5.75 Å². The summed E-state index contributed by atoms with van der Waals surface area (Å²) >= 11 is 9.09. The van der Waals surface area contributed by atoms with E-state index in [1.54, 1.807) is 23.1 Å². The minimum atomic E-state index is -0.509. The number of nitrogens with one attached hydrogen (secondary N) is 2. The third-order valence-corrected chi connectivity index (χ3v) is 5.74. The molecule has 0 saturated carbocycles. The quantitative estimate of drug-likeness (QED) is 0.346. The molecule has 11 heteroatoms. The van der Waals surface area contributed by atoms with Crippen molar-refractivity contribution in [3.8, 4) is 5.75 Å². The SMILES string of the molecule is O=C(N/N=C/c1ccc(O)c(Br)c1)N1CCc2ncnc(Nc3ccc(F)c(Cl)c3)c2C1. The highest BCUT2D eigenvalue weighted by atomic mass is 79.9. The number of benzene rings is 2. The molecule has 0 radical (unpaired) electrons. The summed E-state index contributed by atoms with van der Waals surface area (Å²) in [6.45, 7) is 0.748. The van der Waals surface area contributed by atoms with Crippen LogP contribution in [0.15, 0.2) is 52.3 Å². The van der Waals surface area contributed by atoms with Gasteiger partial charge in [0.15, 0.2) is 0 Å². The van der Waals surface area contributed by atoms with E-state index in [0.29, 0.717) is 34.5 Å². The minimum Gasteiger partial charge on any atom is -0.507 e. The van der Waals surface area contributed by atoms with Gasteiger partial charge in [0.2, 0.25) is 0 Å². The molecule has 3 N–H and O–H groups in total. The van der Waals surface area contributed by atoms with Crippen molar-refractivity contribution in [1.29, 1.82) is 0 Å². The summed E-state index contributed by atoms with van der Waals surface area (Å²) in [4.78, 5) is 22.8. The van der Waals surface area contributed by atoms with Crippen LogP contribution in [0.3, 0.4) is 0 Å². The normalized spacial score (nSPS) is 13.2. The van der Waals surface area contributed by atoms with Crippen LogP contribution >= 0.6 is 27.5 Å². The van der Waals surface area contributed by atoms with Crippen molar-refractivity contribution < 1.29 is 14.3 Å². The average molecular weight is 520 g/mol. The zero-order valence-electron chi connectivity index (χ0n) is 16.5. The Labute approximate surface area is 196 Å². The van der Waals surface area contributed by atoms with Crippen LogP contribution in [-0.4, -0.2) is 38.8 Å². The Kier molecular flexibility index (Phi) is 6.52. The van der Waals surface area contributed by atoms with Crippen molar-refractivity contribution in [3.05, 3.63) is 74.9 Å². The topological polar surface area (TPSA) is 103 Å². The molecule has 2 aromatic carbocycles. The lowest BCUT2D eigenvalue weighted by molar-refractivity contribution is 0.192. The fraction of sp³-hybridized carbons (Fsp3) is 0.143. The molecule has 1 aliphatic heterocycles. The van der Waals surface area contributed by atoms with Gasteiger partial charge in [-0.15, -0.1) is 0 Å². The zero-order valence-corrected chi connectivity index (χ0v) is 18.9. The number of rotatable bonds is 4. The summed E-state index contributed by atoms with van der Waals surface area (Å²) in [5, 5.41) is 16.6. The lowest BCUT2D eigenvalue weighted by Gasteiger charge is -2.28. The molecule has 0 saturated heterocycles. The summed E-state index contributed by atoms with van der Waals surface area (Å²) in [6.07, 6.45) is 3.48. The first-order chi connectivity index (χ1) is 15.4. The van der Waals surface area contributed by atoms with Crippen LogP contribution in [0, 0.1) is 5.82 Å². The smallest absolute Gasteiger partial charge is 0.338 e. The molecule has 1 aromatic heterocycles. The monoisotopic (exact) mass is 518 g/mol.